The van der Waals surface area contributed by atoms with Gasteiger partial charge in [-0.3, -0.25) is 9.89 Å². The van der Waals surface area contributed by atoms with Gasteiger partial charge in [0.25, 0.3) is 5.88 Å². The number of nitrogens with one attached hydrogen (secondary N) is 1. The van der Waals surface area contributed by atoms with E-state index in [0.717, 1.165) is 0 Å². The summed E-state index contributed by atoms with van der Waals surface area (Å²) in [6, 6.07) is 6.24. The van der Waals surface area contributed by atoms with Crippen LogP contribution in [0.3, 0.4) is 0 Å². The molecule has 7 heteroatoms. The molecule has 0 bridgehead atoms. The van der Waals surface area contributed by atoms with Gasteiger partial charge in [-0.25, -0.2) is 0 Å². The summed E-state index contributed by atoms with van der Waals surface area (Å²) in [7, 11) is 2.99. The van der Waals surface area contributed by atoms with Gasteiger partial charge in [0.2, 0.25) is 11.2 Å². The van der Waals surface area contributed by atoms with Crippen molar-refractivity contribution < 1.29 is 14.2 Å². The number of methoxy groups -OCH3 is 2. The van der Waals surface area contributed by atoms with Crippen molar-refractivity contribution >= 4 is 11.6 Å². The molecule has 1 aromatic heterocycles. The van der Waals surface area contributed by atoms with Gasteiger partial charge in [0.1, 0.15) is 5.15 Å². The number of hydrogen-bond donors (Lipinski definition) is 1. The molecule has 0 radical (unpaired) electrons. The van der Waals surface area contributed by atoms with Crippen molar-refractivity contribution in [3.05, 3.63) is 39.6 Å². The van der Waals surface area contributed by atoms with Crippen molar-refractivity contribution in [2.24, 2.45) is 0 Å². The largest absolute Gasteiger partial charge is 0.493 e. The Morgan fingerprint density at radius 1 is 1.21 bits per heavy atom. The minimum absolute atomic E-state index is 0.129. The fourth-order valence-corrected chi connectivity index (χ4v) is 1.63. The monoisotopic (exact) mass is 282 g/mol. The van der Waals surface area contributed by atoms with Gasteiger partial charge in [-0.1, -0.05) is 17.7 Å². The fourth-order valence-electron chi connectivity index (χ4n) is 1.48. The maximum atomic E-state index is 11.6. The van der Waals surface area contributed by atoms with E-state index in [2.05, 4.69) is 10.2 Å². The highest BCUT2D eigenvalue weighted by molar-refractivity contribution is 6.29. The summed E-state index contributed by atoms with van der Waals surface area (Å²) in [6.45, 7) is 0. The van der Waals surface area contributed by atoms with Gasteiger partial charge in [0, 0.05) is 6.07 Å². The van der Waals surface area contributed by atoms with Crippen LogP contribution in [0.15, 0.2) is 29.1 Å². The van der Waals surface area contributed by atoms with Crippen molar-refractivity contribution in [2.45, 2.75) is 0 Å². The fraction of sp³-hybridized carbons (Fsp3) is 0.167. The lowest BCUT2D eigenvalue weighted by Crippen LogP contribution is -2.08. The second kappa shape index (κ2) is 5.62. The van der Waals surface area contributed by atoms with Crippen molar-refractivity contribution in [3.8, 4) is 23.1 Å². The number of halogens is 1. The van der Waals surface area contributed by atoms with Crippen LogP contribution in [-0.2, 0) is 0 Å². The van der Waals surface area contributed by atoms with Crippen molar-refractivity contribution in [1.82, 2.24) is 10.2 Å². The Morgan fingerprint density at radius 2 is 1.95 bits per heavy atom. The van der Waals surface area contributed by atoms with E-state index in [1.165, 1.54) is 20.3 Å². The molecule has 0 spiro atoms. The third-order valence-corrected chi connectivity index (χ3v) is 2.50. The molecule has 0 aliphatic rings. The first-order chi connectivity index (χ1) is 9.15. The number of H-pyrrole nitrogens is 1. The van der Waals surface area contributed by atoms with E-state index in [1.54, 1.807) is 18.2 Å². The first-order valence-corrected chi connectivity index (χ1v) is 5.67. The molecule has 0 atom stereocenters. The van der Waals surface area contributed by atoms with Gasteiger partial charge in [-0.05, 0) is 12.1 Å². The van der Waals surface area contributed by atoms with E-state index in [-0.39, 0.29) is 11.0 Å². The second-order valence-electron chi connectivity index (χ2n) is 3.48. The lowest BCUT2D eigenvalue weighted by atomic mass is 10.3. The van der Waals surface area contributed by atoms with E-state index in [1.807, 2.05) is 0 Å². The van der Waals surface area contributed by atoms with Crippen LogP contribution in [0.4, 0.5) is 0 Å². The number of ether oxygens (including phenoxy) is 3. The van der Waals surface area contributed by atoms with Gasteiger partial charge in [0.05, 0.1) is 14.2 Å². The molecule has 1 N–H and O–H groups in total. The predicted octanol–water partition coefficient (Wildman–Crippen LogP) is 2.23. The summed E-state index contributed by atoms with van der Waals surface area (Å²) < 4.78 is 15.7. The molecular weight excluding hydrogens is 272 g/mol. The smallest absolute Gasteiger partial charge is 0.285 e. The Balaban J connectivity index is 2.40. The molecule has 0 amide bonds. The van der Waals surface area contributed by atoms with E-state index >= 15 is 0 Å². The summed E-state index contributed by atoms with van der Waals surface area (Å²) in [5, 5.41) is 6.30. The van der Waals surface area contributed by atoms with Crippen LogP contribution in [0.2, 0.25) is 5.15 Å². The van der Waals surface area contributed by atoms with Gasteiger partial charge in [0.15, 0.2) is 11.5 Å². The number of para-hydroxylation sites is 1. The minimum Gasteiger partial charge on any atom is -0.493 e. The zero-order valence-corrected chi connectivity index (χ0v) is 11.0. The topological polar surface area (TPSA) is 73.4 Å². The molecule has 2 rings (SSSR count). The third-order valence-electron chi connectivity index (χ3n) is 2.31. The van der Waals surface area contributed by atoms with Crippen molar-refractivity contribution in [2.75, 3.05) is 14.2 Å². The van der Waals surface area contributed by atoms with Gasteiger partial charge in [-0.2, -0.15) is 0 Å². The molecule has 1 heterocycles. The van der Waals surface area contributed by atoms with Crippen LogP contribution in [0.5, 0.6) is 23.1 Å². The molecule has 0 saturated heterocycles. The highest BCUT2D eigenvalue weighted by Crippen LogP contribution is 2.37. The van der Waals surface area contributed by atoms with Gasteiger partial charge >= 0.3 is 0 Å². The predicted molar refractivity (Wildman–Crippen MR) is 69.5 cm³/mol. The molecular formula is C12H11ClN2O4. The van der Waals surface area contributed by atoms with Crippen molar-refractivity contribution in [3.63, 3.8) is 0 Å². The van der Waals surface area contributed by atoms with Crippen LogP contribution >= 0.6 is 11.6 Å². The standard InChI is InChI=1S/C12H11ClN2O4/c1-17-8-4-3-5-9(11(8)18-2)19-12-7(16)6-10(13)14-15-12/h3-6H,1-2H3,(H,14,16). The Morgan fingerprint density at radius 3 is 2.58 bits per heavy atom. The van der Waals surface area contributed by atoms with Gasteiger partial charge < -0.3 is 14.2 Å². The molecule has 0 aliphatic carbocycles. The quantitative estimate of drug-likeness (QED) is 0.931. The maximum Gasteiger partial charge on any atom is 0.285 e. The number of aromatic nitrogens is 2. The van der Waals surface area contributed by atoms with Crippen LogP contribution in [0.1, 0.15) is 0 Å². The normalized spacial score (nSPS) is 10.1. The highest BCUT2D eigenvalue weighted by Gasteiger charge is 2.13. The Kier molecular flexibility index (Phi) is 3.91. The highest BCUT2D eigenvalue weighted by atomic mass is 35.5. The van der Waals surface area contributed by atoms with Crippen molar-refractivity contribution in [1.29, 1.82) is 0 Å². The van der Waals surface area contributed by atoms with E-state index in [0.29, 0.717) is 17.2 Å². The van der Waals surface area contributed by atoms with E-state index in [4.69, 9.17) is 25.8 Å². The average Bonchev–Trinajstić information content (AvgIpc) is 2.41. The first kappa shape index (κ1) is 13.2. The molecule has 2 aromatic rings. The minimum atomic E-state index is -0.436. The lowest BCUT2D eigenvalue weighted by molar-refractivity contribution is 0.333. The average molecular weight is 283 g/mol. The zero-order valence-electron chi connectivity index (χ0n) is 10.3. The summed E-state index contributed by atoms with van der Waals surface area (Å²) in [6.07, 6.45) is 0. The number of benzene rings is 1. The number of rotatable bonds is 4. The molecule has 0 fully saturated rings. The molecule has 0 unspecified atom stereocenters. The lowest BCUT2D eigenvalue weighted by Gasteiger charge is -2.12. The zero-order chi connectivity index (χ0) is 13.8. The molecule has 19 heavy (non-hydrogen) atoms. The Hall–Kier alpha value is -2.21. The molecule has 1 aromatic carbocycles. The van der Waals surface area contributed by atoms with E-state index < -0.39 is 5.43 Å². The van der Waals surface area contributed by atoms with Gasteiger partial charge in [-0.15, -0.1) is 5.10 Å². The molecule has 0 saturated carbocycles. The molecule has 0 aliphatic heterocycles. The number of aromatic amines is 1. The number of nitrogens with zero attached hydrogens (tertiary/aromatic N) is 1. The molecule has 100 valence electrons. The first-order valence-electron chi connectivity index (χ1n) is 5.29. The SMILES string of the molecule is COc1cccc(Oc2n[nH]c(Cl)cc2=O)c1OC. The van der Waals surface area contributed by atoms with Crippen LogP contribution in [-0.4, -0.2) is 24.4 Å². The van der Waals surface area contributed by atoms with Crippen LogP contribution in [0, 0.1) is 0 Å². The summed E-state index contributed by atoms with van der Waals surface area (Å²) in [5.74, 6) is 1.06. The third kappa shape index (κ3) is 2.79. The summed E-state index contributed by atoms with van der Waals surface area (Å²) >= 11 is 5.61. The molecule has 6 nitrogen and oxygen atoms in total. The Bertz CT molecular complexity index is 642. The second-order valence-corrected chi connectivity index (χ2v) is 3.89. The summed E-state index contributed by atoms with van der Waals surface area (Å²) in [5.41, 5.74) is -0.436. The maximum absolute atomic E-state index is 11.6. The summed E-state index contributed by atoms with van der Waals surface area (Å²) in [4.78, 5) is 11.6. The van der Waals surface area contributed by atoms with Crippen LogP contribution < -0.4 is 19.6 Å². The number of hydrogen-bond acceptors (Lipinski definition) is 5. The van der Waals surface area contributed by atoms with E-state index in [9.17, 15) is 4.79 Å². The Labute approximate surface area is 113 Å². The van der Waals surface area contributed by atoms with Crippen LogP contribution in [0.25, 0.3) is 0 Å².